The Bertz CT molecular complexity index is 184. The second kappa shape index (κ2) is 4.15. The molecule has 3 heteroatoms. The van der Waals surface area contributed by atoms with Crippen LogP contribution >= 0.6 is 0 Å². The molecule has 0 spiro atoms. The highest BCUT2D eigenvalue weighted by atomic mass is 19.1. The molecule has 0 aromatic rings. The van der Waals surface area contributed by atoms with Crippen LogP contribution in [-0.2, 0) is 4.74 Å². The summed E-state index contributed by atoms with van der Waals surface area (Å²) < 4.78 is 19.8. The highest BCUT2D eigenvalue weighted by Gasteiger charge is 2.43. The Morgan fingerprint density at radius 2 is 2.21 bits per heavy atom. The predicted octanol–water partition coefficient (Wildman–Crippen LogP) is 1.75. The van der Waals surface area contributed by atoms with E-state index in [0.717, 1.165) is 39.0 Å². The van der Waals surface area contributed by atoms with Crippen LogP contribution in [0, 0.1) is 11.8 Å². The van der Waals surface area contributed by atoms with Crippen LogP contribution in [0.25, 0.3) is 0 Å². The van der Waals surface area contributed by atoms with Crippen LogP contribution in [0.2, 0.25) is 0 Å². The molecule has 0 amide bonds. The summed E-state index contributed by atoms with van der Waals surface area (Å²) >= 11 is 0. The van der Waals surface area contributed by atoms with Crippen LogP contribution < -0.4 is 5.32 Å². The van der Waals surface area contributed by atoms with Crippen molar-refractivity contribution in [3.63, 3.8) is 0 Å². The summed E-state index contributed by atoms with van der Waals surface area (Å²) in [7, 11) is 0. The highest BCUT2D eigenvalue weighted by molar-refractivity contribution is 4.93. The summed E-state index contributed by atoms with van der Waals surface area (Å²) in [6.45, 7) is 5.01. The van der Waals surface area contributed by atoms with Gasteiger partial charge in [0, 0.05) is 25.0 Å². The van der Waals surface area contributed by atoms with Gasteiger partial charge in [-0.3, -0.25) is 0 Å². The fourth-order valence-electron chi connectivity index (χ4n) is 2.65. The molecule has 0 aliphatic carbocycles. The number of hydrogen-bond donors (Lipinski definition) is 1. The highest BCUT2D eigenvalue weighted by Crippen LogP contribution is 2.38. The first-order chi connectivity index (χ1) is 6.71. The van der Waals surface area contributed by atoms with Gasteiger partial charge < -0.3 is 10.1 Å². The van der Waals surface area contributed by atoms with Gasteiger partial charge in [0.15, 0.2) is 0 Å². The van der Waals surface area contributed by atoms with E-state index in [9.17, 15) is 4.39 Å². The number of ether oxygens (including phenoxy) is 1. The molecular weight excluding hydrogens is 181 g/mol. The Labute approximate surface area is 85.2 Å². The predicted molar refractivity (Wildman–Crippen MR) is 54.0 cm³/mol. The fraction of sp³-hybridized carbons (Fsp3) is 1.00. The minimum atomic E-state index is -1.04. The minimum Gasteiger partial charge on any atom is -0.381 e. The van der Waals surface area contributed by atoms with Gasteiger partial charge in [0.05, 0.1) is 6.61 Å². The topological polar surface area (TPSA) is 21.3 Å². The quantitative estimate of drug-likeness (QED) is 0.735. The molecule has 2 aliphatic rings. The normalized spacial score (nSPS) is 38.1. The van der Waals surface area contributed by atoms with Crippen molar-refractivity contribution in [2.75, 3.05) is 26.3 Å². The van der Waals surface area contributed by atoms with E-state index in [1.54, 1.807) is 6.92 Å². The van der Waals surface area contributed by atoms with Crippen molar-refractivity contribution in [1.82, 2.24) is 5.32 Å². The summed E-state index contributed by atoms with van der Waals surface area (Å²) in [5.41, 5.74) is -1.04. The van der Waals surface area contributed by atoms with Gasteiger partial charge in [-0.1, -0.05) is 0 Å². The zero-order valence-electron chi connectivity index (χ0n) is 8.89. The van der Waals surface area contributed by atoms with Gasteiger partial charge in [-0.15, -0.1) is 0 Å². The van der Waals surface area contributed by atoms with Gasteiger partial charge in [-0.05, 0) is 32.7 Å². The number of alkyl halides is 1. The minimum absolute atomic E-state index is 0.118. The number of hydrogen-bond acceptors (Lipinski definition) is 2. The van der Waals surface area contributed by atoms with Crippen LogP contribution in [0.5, 0.6) is 0 Å². The first-order valence-corrected chi connectivity index (χ1v) is 5.68. The van der Waals surface area contributed by atoms with E-state index in [-0.39, 0.29) is 11.8 Å². The maximum atomic E-state index is 14.6. The van der Waals surface area contributed by atoms with Crippen LogP contribution in [0.15, 0.2) is 0 Å². The Morgan fingerprint density at radius 1 is 1.36 bits per heavy atom. The fourth-order valence-corrected chi connectivity index (χ4v) is 2.65. The molecule has 14 heavy (non-hydrogen) atoms. The molecule has 82 valence electrons. The van der Waals surface area contributed by atoms with Crippen molar-refractivity contribution in [2.24, 2.45) is 11.8 Å². The van der Waals surface area contributed by atoms with Gasteiger partial charge in [0.25, 0.3) is 0 Å². The molecule has 0 aromatic carbocycles. The van der Waals surface area contributed by atoms with E-state index in [4.69, 9.17) is 4.74 Å². The lowest BCUT2D eigenvalue weighted by Gasteiger charge is -2.37. The van der Waals surface area contributed by atoms with Gasteiger partial charge in [0.1, 0.15) is 5.67 Å². The maximum Gasteiger partial charge on any atom is 0.117 e. The van der Waals surface area contributed by atoms with E-state index in [1.807, 2.05) is 0 Å². The lowest BCUT2D eigenvalue weighted by molar-refractivity contribution is 0.0157. The number of piperidine rings is 1. The zero-order chi connectivity index (χ0) is 10.0. The summed E-state index contributed by atoms with van der Waals surface area (Å²) in [6.07, 6.45) is 3.03. The smallest absolute Gasteiger partial charge is 0.117 e. The largest absolute Gasteiger partial charge is 0.381 e. The van der Waals surface area contributed by atoms with E-state index >= 15 is 0 Å². The third-order valence-electron chi connectivity index (χ3n) is 3.82. The van der Waals surface area contributed by atoms with Gasteiger partial charge in [-0.2, -0.15) is 0 Å². The molecular formula is C11H20FNO. The van der Waals surface area contributed by atoms with Crippen molar-refractivity contribution >= 4 is 0 Å². The van der Waals surface area contributed by atoms with E-state index in [2.05, 4.69) is 5.32 Å². The maximum absolute atomic E-state index is 14.6. The van der Waals surface area contributed by atoms with E-state index in [1.165, 1.54) is 0 Å². The van der Waals surface area contributed by atoms with Crippen LogP contribution in [-0.4, -0.2) is 32.0 Å². The molecule has 0 saturated carbocycles. The first-order valence-electron chi connectivity index (χ1n) is 5.68. The van der Waals surface area contributed by atoms with Crippen molar-refractivity contribution in [3.05, 3.63) is 0 Å². The third kappa shape index (κ3) is 1.94. The molecule has 2 heterocycles. The average Bonchev–Trinajstić information content (AvgIpc) is 2.72. The Kier molecular flexibility index (Phi) is 3.07. The molecule has 0 radical (unpaired) electrons. The zero-order valence-corrected chi connectivity index (χ0v) is 8.89. The van der Waals surface area contributed by atoms with Gasteiger partial charge >= 0.3 is 0 Å². The summed E-state index contributed by atoms with van der Waals surface area (Å²) in [5.74, 6) is 0.301. The molecule has 0 bridgehead atoms. The first kappa shape index (κ1) is 10.4. The Morgan fingerprint density at radius 3 is 2.79 bits per heavy atom. The molecule has 2 saturated heterocycles. The van der Waals surface area contributed by atoms with E-state index < -0.39 is 5.67 Å². The van der Waals surface area contributed by atoms with Crippen molar-refractivity contribution in [1.29, 1.82) is 0 Å². The monoisotopic (exact) mass is 201 g/mol. The van der Waals surface area contributed by atoms with Crippen molar-refractivity contribution in [2.45, 2.75) is 31.9 Å². The summed E-state index contributed by atoms with van der Waals surface area (Å²) in [4.78, 5) is 0. The standard InChI is InChI=1S/C11H20FNO/c1-11(12,10-4-6-14-8-10)9-3-2-5-13-7-9/h9-10,13H,2-8H2,1H3. The second-order valence-corrected chi connectivity index (χ2v) is 4.76. The summed E-state index contributed by atoms with van der Waals surface area (Å²) in [6, 6.07) is 0. The molecule has 2 nitrogen and oxygen atoms in total. The molecule has 1 N–H and O–H groups in total. The molecule has 3 atom stereocenters. The lowest BCUT2D eigenvalue weighted by Crippen LogP contribution is -2.46. The number of nitrogens with one attached hydrogen (secondary N) is 1. The Balaban J connectivity index is 1.97. The molecule has 2 aliphatic heterocycles. The van der Waals surface area contributed by atoms with Crippen LogP contribution in [0.3, 0.4) is 0 Å². The van der Waals surface area contributed by atoms with Gasteiger partial charge in [0.2, 0.25) is 0 Å². The number of halogens is 1. The van der Waals surface area contributed by atoms with Gasteiger partial charge in [-0.25, -0.2) is 4.39 Å². The van der Waals surface area contributed by atoms with Crippen molar-refractivity contribution in [3.8, 4) is 0 Å². The average molecular weight is 201 g/mol. The van der Waals surface area contributed by atoms with Crippen LogP contribution in [0.4, 0.5) is 4.39 Å². The third-order valence-corrected chi connectivity index (χ3v) is 3.82. The molecule has 2 rings (SSSR count). The summed E-state index contributed by atoms with van der Waals surface area (Å²) in [5, 5.41) is 3.28. The Hall–Kier alpha value is -0.150. The lowest BCUT2D eigenvalue weighted by atomic mass is 9.76. The number of rotatable bonds is 2. The second-order valence-electron chi connectivity index (χ2n) is 4.76. The van der Waals surface area contributed by atoms with Crippen molar-refractivity contribution < 1.29 is 9.13 Å². The SMILES string of the molecule is CC(F)(C1CCCNC1)C1CCOC1. The molecule has 3 unspecified atom stereocenters. The van der Waals surface area contributed by atoms with Crippen LogP contribution in [0.1, 0.15) is 26.2 Å². The molecule has 0 aromatic heterocycles. The van der Waals surface area contributed by atoms with E-state index in [0.29, 0.717) is 6.61 Å². The molecule has 2 fully saturated rings.